The summed E-state index contributed by atoms with van der Waals surface area (Å²) in [4.78, 5) is 0. The highest BCUT2D eigenvalue weighted by atomic mass is 32.2. The van der Waals surface area contributed by atoms with Crippen molar-refractivity contribution in [2.45, 2.75) is 26.6 Å². The van der Waals surface area contributed by atoms with E-state index in [1.165, 1.54) is 4.24 Å². The van der Waals surface area contributed by atoms with E-state index in [1.54, 1.807) is 23.5 Å². The normalized spacial score (nSPS) is 11.2. The Balaban J connectivity index is 4.34. The van der Waals surface area contributed by atoms with Gasteiger partial charge >= 0.3 is 0 Å². The second-order valence-electron chi connectivity index (χ2n) is 3.47. The first-order chi connectivity index (χ1) is 5.40. The van der Waals surface area contributed by atoms with Crippen molar-refractivity contribution in [2.75, 3.05) is 12.5 Å². The van der Waals surface area contributed by atoms with Crippen molar-refractivity contribution >= 4 is 31.8 Å². The lowest BCUT2D eigenvalue weighted by Gasteiger charge is -2.21. The highest BCUT2D eigenvalue weighted by molar-refractivity contribution is 8.21. The van der Waals surface area contributed by atoms with Gasteiger partial charge in [0, 0.05) is 0 Å². The SMILES string of the molecule is CSC(SC)=C(C)O[Si](C)(C)C. The van der Waals surface area contributed by atoms with E-state index in [2.05, 4.69) is 39.1 Å². The third kappa shape index (κ3) is 5.16. The molecule has 0 fully saturated rings. The topological polar surface area (TPSA) is 9.23 Å². The molecule has 0 bridgehead atoms. The highest BCUT2D eigenvalue weighted by Crippen LogP contribution is 2.29. The number of hydrogen-bond donors (Lipinski definition) is 0. The molecule has 0 N–H and O–H groups in total. The Morgan fingerprint density at radius 3 is 1.75 bits per heavy atom. The van der Waals surface area contributed by atoms with Gasteiger partial charge in [-0.15, -0.1) is 23.5 Å². The van der Waals surface area contributed by atoms with Gasteiger partial charge in [0.2, 0.25) is 8.32 Å². The van der Waals surface area contributed by atoms with Crippen LogP contribution in [0.1, 0.15) is 6.92 Å². The van der Waals surface area contributed by atoms with Crippen molar-refractivity contribution in [3.63, 3.8) is 0 Å². The van der Waals surface area contributed by atoms with Crippen LogP contribution in [0.3, 0.4) is 0 Å². The first kappa shape index (κ1) is 12.5. The van der Waals surface area contributed by atoms with Crippen molar-refractivity contribution in [1.82, 2.24) is 0 Å². The van der Waals surface area contributed by atoms with Crippen molar-refractivity contribution in [1.29, 1.82) is 0 Å². The average Bonchev–Trinajstić information content (AvgIpc) is 1.85. The van der Waals surface area contributed by atoms with Crippen LogP contribution >= 0.6 is 23.5 Å². The van der Waals surface area contributed by atoms with Gasteiger partial charge in [0.1, 0.15) is 0 Å². The van der Waals surface area contributed by atoms with Gasteiger partial charge in [-0.25, -0.2) is 0 Å². The standard InChI is InChI=1S/C8H18OS2Si/c1-7(8(10-2)11-3)9-12(4,5)6/h1-6H3. The molecule has 0 saturated carbocycles. The minimum atomic E-state index is -1.40. The number of hydrogen-bond acceptors (Lipinski definition) is 3. The monoisotopic (exact) mass is 222 g/mol. The molecular weight excluding hydrogens is 204 g/mol. The van der Waals surface area contributed by atoms with Crippen LogP contribution in [0.15, 0.2) is 10.00 Å². The summed E-state index contributed by atoms with van der Waals surface area (Å²) in [5.41, 5.74) is 0. The minimum absolute atomic E-state index is 1.09. The molecule has 4 heteroatoms. The molecule has 0 heterocycles. The Bertz CT molecular complexity index is 166. The summed E-state index contributed by atoms with van der Waals surface area (Å²) in [5.74, 6) is 1.09. The summed E-state index contributed by atoms with van der Waals surface area (Å²) in [6, 6.07) is 0. The zero-order valence-electron chi connectivity index (χ0n) is 8.72. The summed E-state index contributed by atoms with van der Waals surface area (Å²) in [5, 5.41) is 0. The third-order valence-corrected chi connectivity index (χ3v) is 4.35. The van der Waals surface area contributed by atoms with Gasteiger partial charge in [-0.3, -0.25) is 0 Å². The maximum absolute atomic E-state index is 5.86. The lowest BCUT2D eigenvalue weighted by Crippen LogP contribution is -2.24. The molecule has 0 aliphatic rings. The van der Waals surface area contributed by atoms with Crippen LogP contribution in [0.4, 0.5) is 0 Å². The first-order valence-electron chi connectivity index (χ1n) is 3.88. The van der Waals surface area contributed by atoms with Crippen molar-refractivity contribution in [3.8, 4) is 0 Å². The number of thioether (sulfide) groups is 2. The van der Waals surface area contributed by atoms with Crippen LogP contribution in [-0.4, -0.2) is 20.8 Å². The van der Waals surface area contributed by atoms with Gasteiger partial charge in [-0.1, -0.05) is 0 Å². The lowest BCUT2D eigenvalue weighted by molar-refractivity contribution is 0.425. The van der Waals surface area contributed by atoms with E-state index in [0.29, 0.717) is 0 Å². The molecule has 1 nitrogen and oxygen atoms in total. The molecule has 0 spiro atoms. The fraction of sp³-hybridized carbons (Fsp3) is 0.750. The molecule has 0 aliphatic heterocycles. The predicted octanol–water partition coefficient (Wildman–Crippen LogP) is 3.75. The molecule has 0 radical (unpaired) electrons. The molecule has 0 aromatic rings. The lowest BCUT2D eigenvalue weighted by atomic mass is 10.7. The number of rotatable bonds is 4. The van der Waals surface area contributed by atoms with Crippen LogP contribution in [0, 0.1) is 0 Å². The summed E-state index contributed by atoms with van der Waals surface area (Å²) >= 11 is 3.52. The maximum Gasteiger partial charge on any atom is 0.241 e. The molecule has 0 atom stereocenters. The van der Waals surface area contributed by atoms with Crippen molar-refractivity contribution in [2.24, 2.45) is 0 Å². The zero-order valence-corrected chi connectivity index (χ0v) is 11.4. The maximum atomic E-state index is 5.86. The van der Waals surface area contributed by atoms with Gasteiger partial charge in [-0.05, 0) is 39.1 Å². The minimum Gasteiger partial charge on any atom is -0.546 e. The van der Waals surface area contributed by atoms with E-state index >= 15 is 0 Å². The van der Waals surface area contributed by atoms with Gasteiger partial charge in [0.05, 0.1) is 10.00 Å². The second kappa shape index (κ2) is 5.24. The molecule has 0 aliphatic carbocycles. The van der Waals surface area contributed by atoms with Crippen LogP contribution in [0.5, 0.6) is 0 Å². The van der Waals surface area contributed by atoms with E-state index in [4.69, 9.17) is 4.43 Å². The van der Waals surface area contributed by atoms with Gasteiger partial charge in [0.25, 0.3) is 0 Å². The smallest absolute Gasteiger partial charge is 0.241 e. The first-order valence-corrected chi connectivity index (χ1v) is 9.74. The summed E-state index contributed by atoms with van der Waals surface area (Å²) in [6.07, 6.45) is 4.17. The highest BCUT2D eigenvalue weighted by Gasteiger charge is 2.17. The van der Waals surface area contributed by atoms with Crippen LogP contribution in [0.2, 0.25) is 19.6 Å². The molecule has 0 unspecified atom stereocenters. The molecule has 72 valence electrons. The van der Waals surface area contributed by atoms with Crippen molar-refractivity contribution < 1.29 is 4.43 Å². The summed E-state index contributed by atoms with van der Waals surface area (Å²) in [7, 11) is -1.40. The Hall–Kier alpha value is 0.457. The fourth-order valence-electron chi connectivity index (χ4n) is 0.872. The van der Waals surface area contributed by atoms with Gasteiger partial charge in [0.15, 0.2) is 0 Å². The molecule has 0 aromatic heterocycles. The van der Waals surface area contributed by atoms with Crippen LogP contribution in [-0.2, 0) is 4.43 Å². The predicted molar refractivity (Wildman–Crippen MR) is 64.2 cm³/mol. The zero-order chi connectivity index (χ0) is 9.78. The Kier molecular flexibility index (Phi) is 5.44. The number of allylic oxidation sites excluding steroid dienone is 1. The van der Waals surface area contributed by atoms with E-state index in [1.807, 2.05) is 0 Å². The van der Waals surface area contributed by atoms with E-state index in [9.17, 15) is 0 Å². The average molecular weight is 222 g/mol. The van der Waals surface area contributed by atoms with Crippen molar-refractivity contribution in [3.05, 3.63) is 10.00 Å². The summed E-state index contributed by atoms with van der Waals surface area (Å²) in [6.45, 7) is 8.67. The van der Waals surface area contributed by atoms with E-state index in [0.717, 1.165) is 5.76 Å². The molecule has 0 amide bonds. The molecule has 0 saturated heterocycles. The Morgan fingerprint density at radius 2 is 1.50 bits per heavy atom. The van der Waals surface area contributed by atoms with E-state index in [-0.39, 0.29) is 0 Å². The molecule has 12 heavy (non-hydrogen) atoms. The largest absolute Gasteiger partial charge is 0.546 e. The third-order valence-electron chi connectivity index (χ3n) is 1.12. The Morgan fingerprint density at radius 1 is 1.08 bits per heavy atom. The quantitative estimate of drug-likeness (QED) is 0.529. The van der Waals surface area contributed by atoms with E-state index < -0.39 is 8.32 Å². The second-order valence-corrected chi connectivity index (χ2v) is 9.79. The molecular formula is C8H18OS2Si. The van der Waals surface area contributed by atoms with Crippen LogP contribution in [0.25, 0.3) is 0 Å². The Labute approximate surface area is 85.5 Å². The van der Waals surface area contributed by atoms with Crippen LogP contribution < -0.4 is 0 Å². The summed E-state index contributed by atoms with van der Waals surface area (Å²) < 4.78 is 7.15. The fourth-order valence-corrected chi connectivity index (χ4v) is 3.37. The molecule has 0 aromatic carbocycles. The van der Waals surface area contributed by atoms with Gasteiger partial charge < -0.3 is 4.43 Å². The molecule has 0 rings (SSSR count). The van der Waals surface area contributed by atoms with Gasteiger partial charge in [-0.2, -0.15) is 0 Å².